The summed E-state index contributed by atoms with van der Waals surface area (Å²) in [4.78, 5) is 29.1. The molecule has 1 atom stereocenters. The molecule has 0 radical (unpaired) electrons. The summed E-state index contributed by atoms with van der Waals surface area (Å²) < 4.78 is 47.8. The second kappa shape index (κ2) is 15.9. The van der Waals surface area contributed by atoms with Gasteiger partial charge in [-0.15, -0.1) is 0 Å². The second-order valence-electron chi connectivity index (χ2n) is 10.6. The van der Waals surface area contributed by atoms with Crippen LogP contribution in [0.5, 0.6) is 11.5 Å². The van der Waals surface area contributed by atoms with Crippen molar-refractivity contribution in [2.75, 3.05) is 23.7 Å². The fraction of sp³-hybridized carbons (Fsp3) is 0.257. The third kappa shape index (κ3) is 9.64. The highest BCUT2D eigenvalue weighted by Gasteiger charge is 2.33. The third-order valence-corrected chi connectivity index (χ3v) is 8.32. The van der Waals surface area contributed by atoms with E-state index in [9.17, 15) is 22.4 Å². The number of benzene rings is 4. The van der Waals surface area contributed by atoms with Gasteiger partial charge >= 0.3 is 0 Å². The molecule has 0 aliphatic heterocycles. The molecule has 0 fully saturated rings. The predicted molar refractivity (Wildman–Crippen MR) is 174 cm³/mol. The molecule has 0 aliphatic carbocycles. The Morgan fingerprint density at radius 1 is 0.844 bits per heavy atom. The van der Waals surface area contributed by atoms with E-state index in [0.717, 1.165) is 29.0 Å². The first kappa shape index (κ1) is 33.2. The van der Waals surface area contributed by atoms with E-state index in [1.165, 1.54) is 11.0 Å². The Balaban J connectivity index is 1.67. The standard InChI is InChI=1S/C35H38FN3O5S/c1-3-4-23-37-35(41)33(24-27-13-7-5-8-14-27)38(25-28-15-11-12-18-32(28)36)34(40)26-39(45(2,42)43)29-19-21-31(22-20-29)44-30-16-9-6-10-17-30/h5-22,33H,3-4,23-26H2,1-2H3,(H,37,41)/t33-/m0/s1. The number of unbranched alkanes of at least 4 members (excludes halogenated alkanes) is 1. The van der Waals surface area contributed by atoms with Crippen molar-refractivity contribution in [2.24, 2.45) is 0 Å². The van der Waals surface area contributed by atoms with Crippen LogP contribution >= 0.6 is 0 Å². The Hall–Kier alpha value is -4.70. The Morgan fingerprint density at radius 2 is 1.44 bits per heavy atom. The van der Waals surface area contributed by atoms with Crippen LogP contribution in [0, 0.1) is 5.82 Å². The lowest BCUT2D eigenvalue weighted by Gasteiger charge is -2.33. The van der Waals surface area contributed by atoms with Crippen molar-refractivity contribution in [1.29, 1.82) is 0 Å². The Morgan fingerprint density at radius 3 is 2.07 bits per heavy atom. The molecule has 4 rings (SSSR count). The van der Waals surface area contributed by atoms with Crippen LogP contribution in [0.3, 0.4) is 0 Å². The van der Waals surface area contributed by atoms with Crippen LogP contribution in [0.1, 0.15) is 30.9 Å². The summed E-state index contributed by atoms with van der Waals surface area (Å²) in [6, 6.07) is 29.7. The summed E-state index contributed by atoms with van der Waals surface area (Å²) in [6.45, 7) is 1.59. The zero-order chi connectivity index (χ0) is 32.2. The van der Waals surface area contributed by atoms with E-state index in [-0.39, 0.29) is 24.2 Å². The van der Waals surface area contributed by atoms with Crippen LogP contribution in [0.4, 0.5) is 10.1 Å². The van der Waals surface area contributed by atoms with Crippen LogP contribution in [0.25, 0.3) is 0 Å². The summed E-state index contributed by atoms with van der Waals surface area (Å²) in [6.07, 6.45) is 2.77. The largest absolute Gasteiger partial charge is 0.457 e. The molecule has 236 valence electrons. The number of para-hydroxylation sites is 1. The number of amides is 2. The van der Waals surface area contributed by atoms with Gasteiger partial charge in [-0.05, 0) is 54.4 Å². The normalized spacial score (nSPS) is 11.8. The van der Waals surface area contributed by atoms with E-state index in [1.54, 1.807) is 54.6 Å². The average Bonchev–Trinajstić information content (AvgIpc) is 3.03. The summed E-state index contributed by atoms with van der Waals surface area (Å²) in [5.41, 5.74) is 1.25. The van der Waals surface area contributed by atoms with Gasteiger partial charge in [0, 0.05) is 25.1 Å². The van der Waals surface area contributed by atoms with Crippen LogP contribution < -0.4 is 14.4 Å². The van der Waals surface area contributed by atoms with Gasteiger partial charge in [0.2, 0.25) is 21.8 Å². The highest BCUT2D eigenvalue weighted by atomic mass is 32.2. The van der Waals surface area contributed by atoms with Crippen LogP contribution in [0.2, 0.25) is 0 Å². The maximum atomic E-state index is 14.9. The number of anilines is 1. The van der Waals surface area contributed by atoms with Crippen LogP contribution in [-0.4, -0.2) is 50.5 Å². The molecule has 2 amide bonds. The summed E-state index contributed by atoms with van der Waals surface area (Å²) in [5.74, 6) is -0.484. The van der Waals surface area contributed by atoms with Crippen molar-refractivity contribution in [3.63, 3.8) is 0 Å². The lowest BCUT2D eigenvalue weighted by Crippen LogP contribution is -2.53. The molecular weight excluding hydrogens is 593 g/mol. The monoisotopic (exact) mass is 631 g/mol. The fourth-order valence-corrected chi connectivity index (χ4v) is 5.64. The number of sulfonamides is 1. The van der Waals surface area contributed by atoms with Gasteiger partial charge in [0.05, 0.1) is 11.9 Å². The van der Waals surface area contributed by atoms with Crippen molar-refractivity contribution < 1.29 is 27.1 Å². The van der Waals surface area contributed by atoms with Gasteiger partial charge in [0.15, 0.2) is 0 Å². The van der Waals surface area contributed by atoms with Crippen LogP contribution in [-0.2, 0) is 32.6 Å². The topological polar surface area (TPSA) is 96.0 Å². The molecule has 8 nitrogen and oxygen atoms in total. The highest BCUT2D eigenvalue weighted by Crippen LogP contribution is 2.26. The molecule has 0 aliphatic rings. The number of carbonyl (C=O) groups is 2. The maximum absolute atomic E-state index is 14.9. The van der Waals surface area contributed by atoms with Crippen molar-refractivity contribution in [3.05, 3.63) is 126 Å². The predicted octanol–water partition coefficient (Wildman–Crippen LogP) is 5.94. The van der Waals surface area contributed by atoms with E-state index in [1.807, 2.05) is 55.5 Å². The number of hydrogen-bond donors (Lipinski definition) is 1. The molecule has 45 heavy (non-hydrogen) atoms. The van der Waals surface area contributed by atoms with E-state index >= 15 is 0 Å². The van der Waals surface area contributed by atoms with Gasteiger partial charge < -0.3 is 15.0 Å². The Bertz CT molecular complexity index is 1650. The molecule has 0 spiro atoms. The number of nitrogens with one attached hydrogen (secondary N) is 1. The van der Waals surface area contributed by atoms with Gasteiger partial charge in [0.25, 0.3) is 0 Å². The molecule has 0 heterocycles. The SMILES string of the molecule is CCCCNC(=O)[C@H](Cc1ccccc1)N(Cc1ccccc1F)C(=O)CN(c1ccc(Oc2ccccc2)cc1)S(C)(=O)=O. The van der Waals surface area contributed by atoms with E-state index in [4.69, 9.17) is 4.74 Å². The minimum Gasteiger partial charge on any atom is -0.457 e. The molecule has 4 aromatic rings. The first-order chi connectivity index (χ1) is 21.7. The fourth-order valence-electron chi connectivity index (χ4n) is 4.79. The molecular formula is C35H38FN3O5S. The number of carbonyl (C=O) groups excluding carboxylic acids is 2. The van der Waals surface area contributed by atoms with Crippen molar-refractivity contribution >= 4 is 27.5 Å². The molecule has 0 bridgehead atoms. The maximum Gasteiger partial charge on any atom is 0.244 e. The van der Waals surface area contributed by atoms with E-state index in [2.05, 4.69) is 5.32 Å². The second-order valence-corrected chi connectivity index (χ2v) is 12.5. The zero-order valence-corrected chi connectivity index (χ0v) is 26.3. The summed E-state index contributed by atoms with van der Waals surface area (Å²) in [5, 5.41) is 2.91. The molecule has 4 aromatic carbocycles. The number of ether oxygens (including phenoxy) is 1. The first-order valence-electron chi connectivity index (χ1n) is 14.8. The van der Waals surface area contributed by atoms with E-state index < -0.39 is 40.2 Å². The molecule has 0 saturated heterocycles. The van der Waals surface area contributed by atoms with Crippen molar-refractivity contribution in [3.8, 4) is 11.5 Å². The quantitative estimate of drug-likeness (QED) is 0.164. The minimum absolute atomic E-state index is 0.156. The summed E-state index contributed by atoms with van der Waals surface area (Å²) >= 11 is 0. The zero-order valence-electron chi connectivity index (χ0n) is 25.4. The average molecular weight is 632 g/mol. The van der Waals surface area contributed by atoms with Gasteiger partial charge in [-0.25, -0.2) is 12.8 Å². The van der Waals surface area contributed by atoms with E-state index in [0.29, 0.717) is 18.0 Å². The highest BCUT2D eigenvalue weighted by molar-refractivity contribution is 7.92. The van der Waals surface area contributed by atoms with Crippen molar-refractivity contribution in [2.45, 2.75) is 38.8 Å². The lowest BCUT2D eigenvalue weighted by atomic mass is 10.0. The van der Waals surface area contributed by atoms with Gasteiger partial charge in [-0.3, -0.25) is 13.9 Å². The first-order valence-corrected chi connectivity index (χ1v) is 16.7. The van der Waals surface area contributed by atoms with Gasteiger partial charge in [-0.1, -0.05) is 80.1 Å². The van der Waals surface area contributed by atoms with Gasteiger partial charge in [-0.2, -0.15) is 0 Å². The lowest BCUT2D eigenvalue weighted by molar-refractivity contribution is -0.140. The molecule has 10 heteroatoms. The van der Waals surface area contributed by atoms with Crippen LogP contribution in [0.15, 0.2) is 109 Å². The number of hydrogen-bond acceptors (Lipinski definition) is 5. The molecule has 1 N–H and O–H groups in total. The smallest absolute Gasteiger partial charge is 0.244 e. The number of nitrogens with zero attached hydrogens (tertiary/aromatic N) is 2. The molecule has 0 aromatic heterocycles. The Kier molecular flexibility index (Phi) is 11.7. The minimum atomic E-state index is -3.95. The molecule has 0 unspecified atom stereocenters. The third-order valence-electron chi connectivity index (χ3n) is 7.18. The molecule has 0 saturated carbocycles. The summed E-state index contributed by atoms with van der Waals surface area (Å²) in [7, 11) is -3.95. The Labute approximate surface area is 264 Å². The van der Waals surface area contributed by atoms with Gasteiger partial charge in [0.1, 0.15) is 29.9 Å². The number of rotatable bonds is 15. The van der Waals surface area contributed by atoms with Crippen molar-refractivity contribution in [1.82, 2.24) is 10.2 Å². The number of halogens is 1.